The van der Waals surface area contributed by atoms with Gasteiger partial charge in [0, 0.05) is 11.9 Å². The molecule has 0 fully saturated rings. The Hall–Kier alpha value is -0.220. The van der Waals surface area contributed by atoms with Gasteiger partial charge in [0.2, 0.25) is 0 Å². The van der Waals surface area contributed by atoms with Crippen molar-refractivity contribution in [1.82, 2.24) is 9.78 Å². The third-order valence-corrected chi connectivity index (χ3v) is 1.79. The van der Waals surface area contributed by atoms with E-state index in [1.54, 1.807) is 6.20 Å². The number of nitrogens with zero attached hydrogens (tertiary/aromatic N) is 2. The molecule has 1 rings (SSSR count). The zero-order valence-electron chi connectivity index (χ0n) is 5.94. The molecular weight excluding hydrogens is 224 g/mol. The summed E-state index contributed by atoms with van der Waals surface area (Å²) in [6, 6.07) is 0. The van der Waals surface area contributed by atoms with Gasteiger partial charge in [-0.3, -0.25) is 4.68 Å². The fourth-order valence-electron chi connectivity index (χ4n) is 0.695. The third kappa shape index (κ3) is 3.12. The fourth-order valence-corrected chi connectivity index (χ4v) is 1.17. The number of aromatic nitrogens is 2. The van der Waals surface area contributed by atoms with Gasteiger partial charge in [0.05, 0.1) is 17.2 Å². The number of rotatable bonds is 3. The Morgan fingerprint density at radius 1 is 1.64 bits per heavy atom. The van der Waals surface area contributed by atoms with E-state index in [1.165, 1.54) is 0 Å². The lowest BCUT2D eigenvalue weighted by Gasteiger charge is -1.91. The summed E-state index contributed by atoms with van der Waals surface area (Å²) in [5.41, 5.74) is 0. The van der Waals surface area contributed by atoms with E-state index in [0.717, 1.165) is 16.8 Å². The van der Waals surface area contributed by atoms with Gasteiger partial charge in [0.15, 0.2) is 0 Å². The van der Waals surface area contributed by atoms with E-state index in [4.69, 9.17) is 0 Å². The highest BCUT2D eigenvalue weighted by Gasteiger charge is 1.89. The Morgan fingerprint density at radius 2 is 2.45 bits per heavy atom. The van der Waals surface area contributed by atoms with Gasteiger partial charge in [-0.1, -0.05) is 12.2 Å². The SMILES string of the molecule is SCC=CCn1cc(Br)cn1. The minimum Gasteiger partial charge on any atom is -0.268 e. The first-order chi connectivity index (χ1) is 5.33. The van der Waals surface area contributed by atoms with Gasteiger partial charge >= 0.3 is 0 Å². The van der Waals surface area contributed by atoms with Crippen LogP contribution in [0.15, 0.2) is 29.0 Å². The number of hydrogen-bond donors (Lipinski definition) is 1. The summed E-state index contributed by atoms with van der Waals surface area (Å²) in [5.74, 6) is 0.780. The highest BCUT2D eigenvalue weighted by Crippen LogP contribution is 2.05. The highest BCUT2D eigenvalue weighted by atomic mass is 79.9. The minimum atomic E-state index is 0.780. The van der Waals surface area contributed by atoms with Crippen molar-refractivity contribution in [2.75, 3.05) is 5.75 Å². The summed E-state index contributed by atoms with van der Waals surface area (Å²) in [6.07, 6.45) is 7.74. The maximum absolute atomic E-state index is 4.08. The predicted molar refractivity (Wildman–Crippen MR) is 52.9 cm³/mol. The molecule has 4 heteroatoms. The van der Waals surface area contributed by atoms with Crippen molar-refractivity contribution in [3.8, 4) is 0 Å². The fraction of sp³-hybridized carbons (Fsp3) is 0.286. The average molecular weight is 233 g/mol. The first-order valence-corrected chi connectivity index (χ1v) is 4.69. The van der Waals surface area contributed by atoms with Gasteiger partial charge in [0.1, 0.15) is 0 Å². The van der Waals surface area contributed by atoms with Gasteiger partial charge in [-0.15, -0.1) is 0 Å². The third-order valence-electron chi connectivity index (χ3n) is 1.17. The van der Waals surface area contributed by atoms with Crippen molar-refractivity contribution >= 4 is 28.6 Å². The molecule has 0 N–H and O–H groups in total. The molecule has 0 amide bonds. The molecule has 0 unspecified atom stereocenters. The van der Waals surface area contributed by atoms with Crippen LogP contribution in [0.1, 0.15) is 0 Å². The molecular formula is C7H9BrN2S. The lowest BCUT2D eigenvalue weighted by atomic mass is 10.5. The van der Waals surface area contributed by atoms with E-state index in [2.05, 4.69) is 33.7 Å². The van der Waals surface area contributed by atoms with Crippen LogP contribution in [0.25, 0.3) is 0 Å². The Kier molecular flexibility index (Phi) is 3.72. The van der Waals surface area contributed by atoms with E-state index in [0.29, 0.717) is 0 Å². The molecule has 0 aromatic carbocycles. The molecule has 0 saturated carbocycles. The number of allylic oxidation sites excluding steroid dienone is 1. The van der Waals surface area contributed by atoms with Crippen LogP contribution >= 0.6 is 28.6 Å². The summed E-state index contributed by atoms with van der Waals surface area (Å²) in [4.78, 5) is 0. The van der Waals surface area contributed by atoms with Gasteiger partial charge in [0.25, 0.3) is 0 Å². The van der Waals surface area contributed by atoms with Crippen LogP contribution in [0.2, 0.25) is 0 Å². The largest absolute Gasteiger partial charge is 0.268 e. The van der Waals surface area contributed by atoms with Gasteiger partial charge < -0.3 is 0 Å². The maximum atomic E-state index is 4.08. The minimum absolute atomic E-state index is 0.780. The number of thiol groups is 1. The number of hydrogen-bond acceptors (Lipinski definition) is 2. The summed E-state index contributed by atoms with van der Waals surface area (Å²) in [5, 5.41) is 4.08. The monoisotopic (exact) mass is 232 g/mol. The molecule has 0 bridgehead atoms. The zero-order chi connectivity index (χ0) is 8.10. The second-order valence-electron chi connectivity index (χ2n) is 2.03. The number of halogens is 1. The quantitative estimate of drug-likeness (QED) is 0.625. The van der Waals surface area contributed by atoms with E-state index in [1.807, 2.05) is 23.0 Å². The van der Waals surface area contributed by atoms with Crippen LogP contribution in [0.4, 0.5) is 0 Å². The normalized spacial score (nSPS) is 11.1. The van der Waals surface area contributed by atoms with Crippen LogP contribution in [0, 0.1) is 0 Å². The van der Waals surface area contributed by atoms with Crippen LogP contribution < -0.4 is 0 Å². The lowest BCUT2D eigenvalue weighted by Crippen LogP contribution is -1.94. The summed E-state index contributed by atoms with van der Waals surface area (Å²) in [7, 11) is 0. The van der Waals surface area contributed by atoms with Crippen molar-refractivity contribution < 1.29 is 0 Å². The predicted octanol–water partition coefficient (Wildman–Crippen LogP) is 2.13. The molecule has 0 spiro atoms. The molecule has 2 nitrogen and oxygen atoms in total. The molecule has 11 heavy (non-hydrogen) atoms. The Morgan fingerprint density at radius 3 is 3.00 bits per heavy atom. The molecule has 0 atom stereocenters. The van der Waals surface area contributed by atoms with Crippen molar-refractivity contribution in [3.05, 3.63) is 29.0 Å². The first-order valence-electron chi connectivity index (χ1n) is 3.27. The smallest absolute Gasteiger partial charge is 0.0632 e. The van der Waals surface area contributed by atoms with Gasteiger partial charge in [-0.25, -0.2) is 0 Å². The summed E-state index contributed by atoms with van der Waals surface area (Å²) in [6.45, 7) is 0.812. The van der Waals surface area contributed by atoms with Gasteiger partial charge in [-0.05, 0) is 15.9 Å². The van der Waals surface area contributed by atoms with Crippen LogP contribution in [-0.4, -0.2) is 15.5 Å². The lowest BCUT2D eigenvalue weighted by molar-refractivity contribution is 0.701. The molecule has 1 aromatic rings. The maximum Gasteiger partial charge on any atom is 0.0632 e. The zero-order valence-corrected chi connectivity index (χ0v) is 8.42. The second-order valence-corrected chi connectivity index (χ2v) is 3.32. The molecule has 1 heterocycles. The molecule has 1 aromatic heterocycles. The van der Waals surface area contributed by atoms with E-state index >= 15 is 0 Å². The molecule has 0 saturated heterocycles. The van der Waals surface area contributed by atoms with Crippen LogP contribution in [0.3, 0.4) is 0 Å². The van der Waals surface area contributed by atoms with Crippen LogP contribution in [0.5, 0.6) is 0 Å². The average Bonchev–Trinajstić information content (AvgIpc) is 2.37. The van der Waals surface area contributed by atoms with Gasteiger partial charge in [-0.2, -0.15) is 17.7 Å². The summed E-state index contributed by atoms with van der Waals surface area (Å²) < 4.78 is 2.86. The molecule has 0 radical (unpaired) electrons. The van der Waals surface area contributed by atoms with Crippen molar-refractivity contribution in [3.63, 3.8) is 0 Å². The highest BCUT2D eigenvalue weighted by molar-refractivity contribution is 9.10. The van der Waals surface area contributed by atoms with E-state index in [-0.39, 0.29) is 0 Å². The molecule has 60 valence electrons. The van der Waals surface area contributed by atoms with E-state index in [9.17, 15) is 0 Å². The standard InChI is InChI=1S/C7H9BrN2S/c8-7-5-9-10(6-7)3-1-2-4-11/h1-2,5-6,11H,3-4H2. The van der Waals surface area contributed by atoms with Crippen molar-refractivity contribution in [2.45, 2.75) is 6.54 Å². The van der Waals surface area contributed by atoms with E-state index < -0.39 is 0 Å². The van der Waals surface area contributed by atoms with Crippen LogP contribution in [-0.2, 0) is 6.54 Å². The topological polar surface area (TPSA) is 17.8 Å². The Balaban J connectivity index is 2.45. The molecule has 0 aliphatic rings. The summed E-state index contributed by atoms with van der Waals surface area (Å²) >= 11 is 7.37. The van der Waals surface area contributed by atoms with Crippen molar-refractivity contribution in [1.29, 1.82) is 0 Å². The Labute approximate surface area is 79.8 Å². The molecule has 0 aliphatic carbocycles. The first kappa shape index (κ1) is 8.87. The Bertz CT molecular complexity index is 244. The van der Waals surface area contributed by atoms with Crippen molar-refractivity contribution in [2.24, 2.45) is 0 Å². The molecule has 0 aliphatic heterocycles. The second kappa shape index (κ2) is 4.62.